The Morgan fingerprint density at radius 2 is 1.92 bits per heavy atom. The number of H-pyrrole nitrogens is 1. The number of aliphatic hydroxyl groups excluding tert-OH is 3. The van der Waals surface area contributed by atoms with Gasteiger partial charge in [0.1, 0.15) is 24.6 Å². The number of benzene rings is 2. The zero-order chi connectivity index (χ0) is 26.3. The second-order valence-corrected chi connectivity index (χ2v) is 9.31. The number of aromatic nitrogens is 2. The second-order valence-electron chi connectivity index (χ2n) is 9.31. The molecule has 5 rings (SSSR count). The molecule has 4 aromatic rings. The summed E-state index contributed by atoms with van der Waals surface area (Å²) < 4.78 is 21.1. The minimum Gasteiger partial charge on any atom is -0.471 e. The van der Waals surface area contributed by atoms with E-state index in [1.165, 1.54) is 6.92 Å². The number of nitrogens with one attached hydrogen (secondary N) is 1. The van der Waals surface area contributed by atoms with Gasteiger partial charge in [-0.3, -0.25) is 9.89 Å². The van der Waals surface area contributed by atoms with Gasteiger partial charge in [0, 0.05) is 23.4 Å². The number of furan rings is 1. The van der Waals surface area contributed by atoms with E-state index in [0.717, 1.165) is 27.6 Å². The van der Waals surface area contributed by atoms with Crippen LogP contribution in [0, 0.1) is 6.92 Å². The molecule has 0 bridgehead atoms. The van der Waals surface area contributed by atoms with Crippen LogP contribution in [0.1, 0.15) is 23.7 Å². The number of nitrogens with zero attached hydrogens (tertiary/aromatic N) is 1. The van der Waals surface area contributed by atoms with E-state index in [9.17, 15) is 25.2 Å². The maximum absolute atomic E-state index is 11.1. The van der Waals surface area contributed by atoms with Crippen LogP contribution in [-0.4, -0.2) is 73.6 Å². The topological polar surface area (TPSA) is 168 Å². The predicted octanol–water partition coefficient (Wildman–Crippen LogP) is 1.47. The number of hydrogen-bond acceptors (Lipinski definition) is 10. The van der Waals surface area contributed by atoms with Crippen molar-refractivity contribution in [2.75, 3.05) is 6.61 Å². The Hall–Kier alpha value is -3.48. The van der Waals surface area contributed by atoms with Crippen molar-refractivity contribution in [1.82, 2.24) is 10.2 Å². The van der Waals surface area contributed by atoms with E-state index in [2.05, 4.69) is 10.2 Å². The minimum atomic E-state index is -2.71. The first kappa shape index (κ1) is 25.2. The van der Waals surface area contributed by atoms with Gasteiger partial charge in [0.25, 0.3) is 5.79 Å². The van der Waals surface area contributed by atoms with Crippen molar-refractivity contribution in [2.24, 2.45) is 0 Å². The molecule has 3 heterocycles. The molecule has 0 saturated carbocycles. The van der Waals surface area contributed by atoms with Gasteiger partial charge in [0.15, 0.2) is 6.10 Å². The summed E-state index contributed by atoms with van der Waals surface area (Å²) in [6.07, 6.45) is -2.43. The molecule has 1 fully saturated rings. The fourth-order valence-electron chi connectivity index (χ4n) is 4.57. The predicted molar refractivity (Wildman–Crippen MR) is 130 cm³/mol. The molecule has 5 N–H and O–H groups in total. The largest absolute Gasteiger partial charge is 0.471 e. The molecule has 2 aromatic carbocycles. The van der Waals surface area contributed by atoms with Gasteiger partial charge in [-0.2, -0.15) is 5.10 Å². The van der Waals surface area contributed by atoms with Crippen molar-refractivity contribution in [3.63, 3.8) is 0 Å². The fourth-order valence-corrected chi connectivity index (χ4v) is 4.57. The lowest BCUT2D eigenvalue weighted by atomic mass is 9.95. The van der Waals surface area contributed by atoms with Crippen LogP contribution in [0.15, 0.2) is 47.3 Å². The third-order valence-electron chi connectivity index (χ3n) is 6.55. The van der Waals surface area contributed by atoms with E-state index < -0.39 is 43.0 Å². The van der Waals surface area contributed by atoms with Crippen molar-refractivity contribution >= 4 is 27.6 Å². The van der Waals surface area contributed by atoms with Gasteiger partial charge >= 0.3 is 5.97 Å². The molecular formula is C26H28N2O9. The number of fused-ring (bicyclic) bond motifs is 2. The van der Waals surface area contributed by atoms with E-state index in [-0.39, 0.29) is 5.75 Å². The first-order chi connectivity index (χ1) is 17.7. The molecule has 11 heteroatoms. The van der Waals surface area contributed by atoms with Crippen LogP contribution >= 0.6 is 0 Å². The first-order valence-corrected chi connectivity index (χ1v) is 11.8. The molecule has 1 saturated heterocycles. The molecule has 196 valence electrons. The van der Waals surface area contributed by atoms with Crippen LogP contribution in [0.2, 0.25) is 0 Å². The molecule has 2 aromatic heterocycles. The SMILES string of the molecule is CC(=O)OC[C@H]1O[C@@H](O)[C@@](O)(Oc2cc(C)cc3n[nH]c(CCc4ccc5cocc5c4)c23)[C@@H](O)[C@@H]1O. The summed E-state index contributed by atoms with van der Waals surface area (Å²) in [5.41, 5.74) is 3.12. The maximum Gasteiger partial charge on any atom is 0.302 e. The first-order valence-electron chi connectivity index (χ1n) is 11.8. The zero-order valence-corrected chi connectivity index (χ0v) is 20.2. The highest BCUT2D eigenvalue weighted by atomic mass is 16.7. The number of esters is 1. The molecule has 0 aliphatic carbocycles. The van der Waals surface area contributed by atoms with Crippen molar-refractivity contribution in [3.05, 3.63) is 59.7 Å². The van der Waals surface area contributed by atoms with Crippen molar-refractivity contribution in [2.45, 2.75) is 57.1 Å². The zero-order valence-electron chi connectivity index (χ0n) is 20.2. The van der Waals surface area contributed by atoms with Gasteiger partial charge in [-0.1, -0.05) is 12.1 Å². The van der Waals surface area contributed by atoms with Crippen molar-refractivity contribution in [3.8, 4) is 5.75 Å². The molecule has 0 radical (unpaired) electrons. The number of aryl methyl sites for hydroxylation is 3. The van der Waals surface area contributed by atoms with Gasteiger partial charge in [-0.15, -0.1) is 0 Å². The average Bonchev–Trinajstić information content (AvgIpc) is 3.49. The molecular weight excluding hydrogens is 484 g/mol. The molecule has 37 heavy (non-hydrogen) atoms. The van der Waals surface area contributed by atoms with Crippen LogP contribution < -0.4 is 4.74 Å². The molecule has 11 nitrogen and oxygen atoms in total. The van der Waals surface area contributed by atoms with E-state index in [1.54, 1.807) is 25.5 Å². The number of hydrogen-bond donors (Lipinski definition) is 5. The Morgan fingerprint density at radius 1 is 1.14 bits per heavy atom. The standard InChI is InChI=1S/C26H28N2O9/c1-13-7-19-22(18(27-28-19)6-4-15-3-5-16-10-34-11-17(16)9-15)20(8-13)37-26(33)24(31)23(30)21(36-25(26)32)12-35-14(2)29/h3,5,7-11,21,23-25,30-33H,4,6,12H2,1-2H3,(H,27,28)/t21-,23-,24+,25-,26+/m1/s1. The summed E-state index contributed by atoms with van der Waals surface area (Å²) in [6, 6.07) is 9.51. The lowest BCUT2D eigenvalue weighted by Crippen LogP contribution is -2.69. The second kappa shape index (κ2) is 9.77. The maximum atomic E-state index is 11.1. The van der Waals surface area contributed by atoms with Gasteiger partial charge in [-0.25, -0.2) is 0 Å². The van der Waals surface area contributed by atoms with Crippen LogP contribution in [-0.2, 0) is 27.1 Å². The Labute approximate surface area is 211 Å². The Kier molecular flexibility index (Phi) is 6.65. The Morgan fingerprint density at radius 3 is 2.70 bits per heavy atom. The number of aromatic amines is 1. The normalized spacial score (nSPS) is 26.0. The van der Waals surface area contributed by atoms with Crippen LogP contribution in [0.4, 0.5) is 0 Å². The Bertz CT molecular complexity index is 1430. The summed E-state index contributed by atoms with van der Waals surface area (Å²) in [7, 11) is 0. The quantitative estimate of drug-likeness (QED) is 0.181. The molecule has 0 spiro atoms. The molecule has 5 atom stereocenters. The van der Waals surface area contributed by atoms with E-state index in [0.29, 0.717) is 23.7 Å². The van der Waals surface area contributed by atoms with E-state index in [4.69, 9.17) is 18.6 Å². The molecule has 1 aliphatic rings. The highest BCUT2D eigenvalue weighted by Crippen LogP contribution is 2.37. The highest BCUT2D eigenvalue weighted by Gasteiger charge is 2.57. The molecule has 1 aliphatic heterocycles. The van der Waals surface area contributed by atoms with Crippen LogP contribution in [0.5, 0.6) is 5.75 Å². The summed E-state index contributed by atoms with van der Waals surface area (Å²) in [4.78, 5) is 11.1. The third-order valence-corrected chi connectivity index (χ3v) is 6.55. The lowest BCUT2D eigenvalue weighted by molar-refractivity contribution is -0.385. The third kappa shape index (κ3) is 4.79. The van der Waals surface area contributed by atoms with Gasteiger partial charge in [0.05, 0.1) is 23.4 Å². The molecule has 0 amide bonds. The number of rotatable bonds is 7. The van der Waals surface area contributed by atoms with Crippen molar-refractivity contribution < 1.29 is 43.8 Å². The van der Waals surface area contributed by atoms with Gasteiger partial charge in [0.2, 0.25) is 6.29 Å². The fraction of sp³-hybridized carbons (Fsp3) is 0.385. The van der Waals surface area contributed by atoms with Crippen molar-refractivity contribution in [1.29, 1.82) is 0 Å². The van der Waals surface area contributed by atoms with Crippen LogP contribution in [0.3, 0.4) is 0 Å². The van der Waals surface area contributed by atoms with Gasteiger partial charge < -0.3 is 39.1 Å². The monoisotopic (exact) mass is 512 g/mol. The smallest absolute Gasteiger partial charge is 0.302 e. The minimum absolute atomic E-state index is 0.138. The number of aliphatic hydroxyl groups is 4. The van der Waals surface area contributed by atoms with E-state index in [1.807, 2.05) is 24.3 Å². The van der Waals surface area contributed by atoms with Crippen LogP contribution in [0.25, 0.3) is 21.7 Å². The highest BCUT2D eigenvalue weighted by molar-refractivity contribution is 5.88. The number of carbonyl (C=O) groups excluding carboxylic acids is 1. The summed E-state index contributed by atoms with van der Waals surface area (Å²) in [6.45, 7) is 2.55. The summed E-state index contributed by atoms with van der Waals surface area (Å²) >= 11 is 0. The Balaban J connectivity index is 1.41. The van der Waals surface area contributed by atoms with E-state index >= 15 is 0 Å². The number of carbonyl (C=O) groups is 1. The molecule has 0 unspecified atom stereocenters. The lowest BCUT2D eigenvalue weighted by Gasteiger charge is -2.45. The summed E-state index contributed by atoms with van der Waals surface area (Å²) in [5.74, 6) is -3.21. The summed E-state index contributed by atoms with van der Waals surface area (Å²) in [5, 5.41) is 52.8. The number of ether oxygens (including phenoxy) is 3. The van der Waals surface area contributed by atoms with Gasteiger partial charge in [-0.05, 0) is 49.1 Å². The average molecular weight is 513 g/mol.